The van der Waals surface area contributed by atoms with E-state index in [4.69, 9.17) is 9.72 Å². The summed E-state index contributed by atoms with van der Waals surface area (Å²) in [6.45, 7) is 3.76. The van der Waals surface area contributed by atoms with Crippen LogP contribution in [0.4, 0.5) is 17.6 Å². The molecule has 0 bridgehead atoms. The van der Waals surface area contributed by atoms with Gasteiger partial charge in [-0.2, -0.15) is 8.78 Å². The second-order valence-corrected chi connectivity index (χ2v) is 11.0. The normalized spacial score (nSPS) is 11.4. The largest absolute Gasteiger partial charge is 0.494 e. The van der Waals surface area contributed by atoms with Gasteiger partial charge < -0.3 is 14.0 Å². The van der Waals surface area contributed by atoms with Crippen LogP contribution in [0, 0.1) is 11.6 Å². The molecule has 0 aliphatic rings. The summed E-state index contributed by atoms with van der Waals surface area (Å²) in [7, 11) is 0. The highest BCUT2D eigenvalue weighted by Gasteiger charge is 2.23. The van der Waals surface area contributed by atoms with Gasteiger partial charge in [0, 0.05) is 37.3 Å². The molecule has 0 aliphatic heterocycles. The molecule has 0 spiro atoms. The molecule has 0 saturated heterocycles. The first-order valence-corrected chi connectivity index (χ1v) is 15.4. The first-order valence-electron chi connectivity index (χ1n) is 15.4. The summed E-state index contributed by atoms with van der Waals surface area (Å²) >= 11 is 0. The van der Waals surface area contributed by atoms with Crippen molar-refractivity contribution in [3.8, 4) is 34.1 Å². The average molecular weight is 632 g/mol. The van der Waals surface area contributed by atoms with Gasteiger partial charge in [0.1, 0.15) is 17.3 Å². The van der Waals surface area contributed by atoms with E-state index in [1.54, 1.807) is 18.2 Å². The number of halogens is 4. The lowest BCUT2D eigenvalue weighted by molar-refractivity contribution is -0.0498. The van der Waals surface area contributed by atoms with Gasteiger partial charge in [0.05, 0.1) is 18.0 Å². The lowest BCUT2D eigenvalue weighted by atomic mass is 10.1. The number of ether oxygens (including phenoxy) is 2. The maximum atomic E-state index is 14.6. The molecule has 5 nitrogen and oxygen atoms in total. The van der Waals surface area contributed by atoms with E-state index in [2.05, 4.69) is 21.1 Å². The number of benzene rings is 4. The van der Waals surface area contributed by atoms with Gasteiger partial charge in [-0.15, -0.1) is 0 Å². The van der Waals surface area contributed by atoms with Gasteiger partial charge in [-0.3, -0.25) is 4.90 Å². The molecule has 9 heteroatoms. The Bertz CT molecular complexity index is 1710. The second kappa shape index (κ2) is 15.6. The van der Waals surface area contributed by atoms with Gasteiger partial charge in [0.25, 0.3) is 0 Å². The van der Waals surface area contributed by atoms with Gasteiger partial charge in [-0.05, 0) is 66.9 Å². The van der Waals surface area contributed by atoms with Gasteiger partial charge in [0.2, 0.25) is 0 Å². The third kappa shape index (κ3) is 8.34. The van der Waals surface area contributed by atoms with Crippen molar-refractivity contribution in [3.63, 3.8) is 0 Å². The fraction of sp³-hybridized carbons (Fsp3) is 0.270. The number of rotatable bonds is 15. The molecule has 1 aromatic heterocycles. The minimum atomic E-state index is -2.91. The van der Waals surface area contributed by atoms with Crippen molar-refractivity contribution in [1.29, 1.82) is 0 Å². The minimum absolute atomic E-state index is 0.0838. The van der Waals surface area contributed by atoms with Crippen molar-refractivity contribution in [2.45, 2.75) is 59.5 Å². The molecule has 0 N–H and O–H groups in total. The third-order valence-electron chi connectivity index (χ3n) is 7.58. The zero-order valence-electron chi connectivity index (χ0n) is 25.9. The monoisotopic (exact) mass is 631 g/mol. The van der Waals surface area contributed by atoms with Crippen molar-refractivity contribution >= 4 is 0 Å². The van der Waals surface area contributed by atoms with Crippen molar-refractivity contribution < 1.29 is 27.0 Å². The van der Waals surface area contributed by atoms with Crippen LogP contribution in [0.1, 0.15) is 43.5 Å². The summed E-state index contributed by atoms with van der Waals surface area (Å²) in [6.07, 6.45) is 1.84. The van der Waals surface area contributed by atoms with E-state index in [0.717, 1.165) is 52.9 Å². The topological polar surface area (TPSA) is 39.5 Å². The van der Waals surface area contributed by atoms with Crippen LogP contribution in [0.25, 0.3) is 22.6 Å². The third-order valence-corrected chi connectivity index (χ3v) is 7.58. The Morgan fingerprint density at radius 3 is 2.20 bits per heavy atom. The second-order valence-electron chi connectivity index (χ2n) is 11.0. The number of alkyl halides is 2. The van der Waals surface area contributed by atoms with E-state index in [9.17, 15) is 17.6 Å². The molecular weight excluding hydrogens is 594 g/mol. The standard InChI is InChI=1S/C37H37F4N3O2/c1-3-5-20-44-34(35(29-16-19-32(38)33(39)22-29)42-36(44)28-11-7-6-8-12-28)25-43(24-27-10-9-13-31(21-27)45-4-2)23-26-14-17-30(18-15-26)46-37(40)41/h6-19,21-22,37H,3-5,20,23-25H2,1-2H3. The number of unbranched alkanes of at least 4 members (excludes halogenated alkanes) is 1. The van der Waals surface area contributed by atoms with E-state index in [0.29, 0.717) is 44.0 Å². The minimum Gasteiger partial charge on any atom is -0.494 e. The lowest BCUT2D eigenvalue weighted by Crippen LogP contribution is -2.24. The smallest absolute Gasteiger partial charge is 0.387 e. The highest BCUT2D eigenvalue weighted by atomic mass is 19.3. The lowest BCUT2D eigenvalue weighted by Gasteiger charge is -2.25. The summed E-state index contributed by atoms with van der Waals surface area (Å²) < 4.78 is 66.7. The van der Waals surface area contributed by atoms with Crippen LogP contribution < -0.4 is 9.47 Å². The van der Waals surface area contributed by atoms with Crippen LogP contribution >= 0.6 is 0 Å². The van der Waals surface area contributed by atoms with Crippen molar-refractivity contribution in [1.82, 2.24) is 14.5 Å². The number of nitrogens with zero attached hydrogens (tertiary/aromatic N) is 3. The number of hydrogen-bond donors (Lipinski definition) is 0. The van der Waals surface area contributed by atoms with Crippen LogP contribution in [-0.4, -0.2) is 27.7 Å². The van der Waals surface area contributed by atoms with Gasteiger partial charge >= 0.3 is 6.61 Å². The number of imidazole rings is 1. The fourth-order valence-electron chi connectivity index (χ4n) is 5.46. The summed E-state index contributed by atoms with van der Waals surface area (Å²) in [4.78, 5) is 7.27. The molecule has 0 atom stereocenters. The van der Waals surface area contributed by atoms with Crippen LogP contribution in [0.2, 0.25) is 0 Å². The Morgan fingerprint density at radius 1 is 0.739 bits per heavy atom. The van der Waals surface area contributed by atoms with Gasteiger partial charge in [0.15, 0.2) is 11.6 Å². The van der Waals surface area contributed by atoms with E-state index in [1.165, 1.54) is 18.2 Å². The molecule has 0 radical (unpaired) electrons. The first kappa shape index (κ1) is 32.8. The van der Waals surface area contributed by atoms with Crippen LogP contribution in [0.3, 0.4) is 0 Å². The maximum Gasteiger partial charge on any atom is 0.387 e. The number of hydrogen-bond acceptors (Lipinski definition) is 4. The fourth-order valence-corrected chi connectivity index (χ4v) is 5.46. The zero-order valence-corrected chi connectivity index (χ0v) is 25.9. The molecule has 0 unspecified atom stereocenters. The first-order chi connectivity index (χ1) is 22.3. The predicted octanol–water partition coefficient (Wildman–Crippen LogP) is 9.50. The average Bonchev–Trinajstić information content (AvgIpc) is 3.40. The molecule has 46 heavy (non-hydrogen) atoms. The highest BCUT2D eigenvalue weighted by Crippen LogP contribution is 2.33. The Labute approximate surface area is 267 Å². The van der Waals surface area contributed by atoms with Crippen molar-refractivity contribution in [3.05, 3.63) is 126 Å². The molecule has 240 valence electrons. The molecule has 0 aliphatic carbocycles. The molecular formula is C37H37F4N3O2. The van der Waals surface area contributed by atoms with Crippen LogP contribution in [0.15, 0.2) is 97.1 Å². The molecule has 5 aromatic rings. The Kier molecular flexibility index (Phi) is 11.1. The summed E-state index contributed by atoms with van der Waals surface area (Å²) in [5.41, 5.74) is 4.73. The highest BCUT2D eigenvalue weighted by molar-refractivity contribution is 5.68. The van der Waals surface area contributed by atoms with Crippen molar-refractivity contribution in [2.24, 2.45) is 0 Å². The molecule has 1 heterocycles. The van der Waals surface area contributed by atoms with E-state index >= 15 is 0 Å². The summed E-state index contributed by atoms with van der Waals surface area (Å²) in [6, 6.07) is 28.2. The summed E-state index contributed by atoms with van der Waals surface area (Å²) in [5, 5.41) is 0. The van der Waals surface area contributed by atoms with Crippen LogP contribution in [-0.2, 0) is 26.2 Å². The number of aromatic nitrogens is 2. The van der Waals surface area contributed by atoms with Gasteiger partial charge in [-0.1, -0.05) is 67.9 Å². The molecule has 0 saturated carbocycles. The maximum absolute atomic E-state index is 14.6. The Hall–Kier alpha value is -4.63. The molecule has 0 fully saturated rings. The van der Waals surface area contributed by atoms with Gasteiger partial charge in [-0.25, -0.2) is 13.8 Å². The van der Waals surface area contributed by atoms with Crippen molar-refractivity contribution in [2.75, 3.05) is 6.61 Å². The van der Waals surface area contributed by atoms with E-state index in [-0.39, 0.29) is 5.75 Å². The van der Waals surface area contributed by atoms with E-state index < -0.39 is 18.2 Å². The predicted molar refractivity (Wildman–Crippen MR) is 172 cm³/mol. The van der Waals surface area contributed by atoms with E-state index in [1.807, 2.05) is 61.5 Å². The quantitative estimate of drug-likeness (QED) is 0.108. The summed E-state index contributed by atoms with van der Waals surface area (Å²) in [5.74, 6) is -0.274. The molecule has 0 amide bonds. The zero-order chi connectivity index (χ0) is 32.5. The molecule has 4 aromatic carbocycles. The van der Waals surface area contributed by atoms with Crippen LogP contribution in [0.5, 0.6) is 11.5 Å². The Morgan fingerprint density at radius 2 is 1.50 bits per heavy atom. The Balaban J connectivity index is 1.60. The molecule has 5 rings (SSSR count). The SMILES string of the molecule is CCCCn1c(-c2ccccc2)nc(-c2ccc(F)c(F)c2)c1CN(Cc1ccc(OC(F)F)cc1)Cc1cccc(OCC)c1.